The van der Waals surface area contributed by atoms with Gasteiger partial charge in [-0.3, -0.25) is 4.57 Å². The molecule has 2 aliphatic rings. The van der Waals surface area contributed by atoms with Crippen LogP contribution in [-0.2, 0) is 0 Å². The molecule has 0 bridgehead atoms. The predicted octanol–water partition coefficient (Wildman–Crippen LogP) is 2.93. The summed E-state index contributed by atoms with van der Waals surface area (Å²) in [5.41, 5.74) is 0.869. The van der Waals surface area contributed by atoms with Crippen LogP contribution >= 0.6 is 0 Å². The van der Waals surface area contributed by atoms with E-state index in [1.54, 1.807) is 6.33 Å². The van der Waals surface area contributed by atoms with Crippen LogP contribution in [0.2, 0.25) is 0 Å². The van der Waals surface area contributed by atoms with Gasteiger partial charge in [-0.1, -0.05) is 12.8 Å². The van der Waals surface area contributed by atoms with E-state index in [-0.39, 0.29) is 12.6 Å². The van der Waals surface area contributed by atoms with Crippen molar-refractivity contribution in [3.05, 3.63) is 43.4 Å². The van der Waals surface area contributed by atoms with E-state index >= 15 is 0 Å². The standard InChI is InChI=1S/C22H27N9O/c32-13-17-7-3-9-30(17)22-26-21(18-8-4-10-31(18)27-22)25-19-11-29(14-23-19)20-12-28(15-24-20)16-5-1-2-6-16/h4,8,10-12,14-17,32H,1-3,5-7,9,13H2,(H,25,26,27)/t17-/m0/s1. The molecule has 0 unspecified atom stereocenters. The van der Waals surface area contributed by atoms with Crippen LogP contribution in [0.5, 0.6) is 0 Å². The Morgan fingerprint density at radius 1 is 1.06 bits per heavy atom. The molecule has 0 radical (unpaired) electrons. The lowest BCUT2D eigenvalue weighted by Gasteiger charge is -2.23. The Hall–Kier alpha value is -3.40. The van der Waals surface area contributed by atoms with Gasteiger partial charge in [0.05, 0.1) is 25.2 Å². The minimum Gasteiger partial charge on any atom is -0.394 e. The first-order valence-corrected chi connectivity index (χ1v) is 11.4. The van der Waals surface area contributed by atoms with Crippen molar-refractivity contribution in [3.8, 4) is 5.82 Å². The van der Waals surface area contributed by atoms with Crippen LogP contribution in [0, 0.1) is 0 Å². The van der Waals surface area contributed by atoms with E-state index in [1.807, 2.05) is 39.9 Å². The quantitative estimate of drug-likeness (QED) is 0.482. The second-order valence-electron chi connectivity index (χ2n) is 8.68. The van der Waals surface area contributed by atoms with E-state index in [0.29, 0.717) is 23.6 Å². The molecule has 1 atom stereocenters. The lowest BCUT2D eigenvalue weighted by atomic mass is 10.2. The highest BCUT2D eigenvalue weighted by molar-refractivity contribution is 5.73. The van der Waals surface area contributed by atoms with E-state index in [9.17, 15) is 5.11 Å². The van der Waals surface area contributed by atoms with Gasteiger partial charge in [-0.2, -0.15) is 4.98 Å². The maximum atomic E-state index is 9.72. The van der Waals surface area contributed by atoms with Crippen molar-refractivity contribution in [2.75, 3.05) is 23.4 Å². The van der Waals surface area contributed by atoms with Crippen LogP contribution in [0.15, 0.2) is 43.4 Å². The zero-order chi connectivity index (χ0) is 21.5. The van der Waals surface area contributed by atoms with Gasteiger partial charge in [-0.25, -0.2) is 14.5 Å². The zero-order valence-electron chi connectivity index (χ0n) is 17.9. The number of aliphatic hydroxyl groups is 1. The SMILES string of the molecule is OC[C@@H]1CCCN1c1nc(Nc2cn(-c3cn(C4CCCC4)cn3)cn2)c2cccn2n1. The van der Waals surface area contributed by atoms with Gasteiger partial charge in [-0.15, -0.1) is 5.10 Å². The average molecular weight is 434 g/mol. The molecule has 2 N–H and O–H groups in total. The number of nitrogens with one attached hydrogen (secondary N) is 1. The topological polar surface area (TPSA) is 101 Å². The van der Waals surface area contributed by atoms with E-state index in [2.05, 4.69) is 36.0 Å². The minimum atomic E-state index is 0.0602. The summed E-state index contributed by atoms with van der Waals surface area (Å²) in [4.78, 5) is 16.0. The molecule has 6 rings (SSSR count). The van der Waals surface area contributed by atoms with Gasteiger partial charge in [0.2, 0.25) is 5.95 Å². The highest BCUT2D eigenvalue weighted by atomic mass is 16.3. The van der Waals surface area contributed by atoms with E-state index in [4.69, 9.17) is 4.98 Å². The second kappa shape index (κ2) is 7.94. The summed E-state index contributed by atoms with van der Waals surface area (Å²) in [6.45, 7) is 0.948. The first-order chi connectivity index (χ1) is 15.8. The Kier molecular flexibility index (Phi) is 4.79. The first-order valence-electron chi connectivity index (χ1n) is 11.4. The van der Waals surface area contributed by atoms with Gasteiger partial charge >= 0.3 is 0 Å². The van der Waals surface area contributed by atoms with Gasteiger partial charge in [-0.05, 0) is 37.8 Å². The Bertz CT molecular complexity index is 1220. The lowest BCUT2D eigenvalue weighted by Crippen LogP contribution is -2.34. The van der Waals surface area contributed by atoms with Crippen LogP contribution in [0.3, 0.4) is 0 Å². The van der Waals surface area contributed by atoms with Crippen LogP contribution in [-0.4, -0.2) is 58.0 Å². The van der Waals surface area contributed by atoms with Crippen molar-refractivity contribution in [1.29, 1.82) is 0 Å². The van der Waals surface area contributed by atoms with Crippen molar-refractivity contribution >= 4 is 23.1 Å². The van der Waals surface area contributed by atoms with Crippen LogP contribution < -0.4 is 10.2 Å². The Morgan fingerprint density at radius 3 is 2.84 bits per heavy atom. The molecule has 166 valence electrons. The van der Waals surface area contributed by atoms with Crippen LogP contribution in [0.25, 0.3) is 11.3 Å². The summed E-state index contributed by atoms with van der Waals surface area (Å²) in [7, 11) is 0. The molecule has 5 heterocycles. The third kappa shape index (κ3) is 3.40. The number of hydrogen-bond acceptors (Lipinski definition) is 7. The number of rotatable bonds is 6. The van der Waals surface area contributed by atoms with Gasteiger partial charge in [0.1, 0.15) is 17.7 Å². The number of aliphatic hydroxyl groups excluding tert-OH is 1. The van der Waals surface area contributed by atoms with Crippen molar-refractivity contribution in [1.82, 2.24) is 33.7 Å². The highest BCUT2D eigenvalue weighted by Crippen LogP contribution is 2.30. The van der Waals surface area contributed by atoms with Gasteiger partial charge in [0.25, 0.3) is 0 Å². The largest absolute Gasteiger partial charge is 0.394 e. The molecule has 0 spiro atoms. The summed E-state index contributed by atoms with van der Waals surface area (Å²) in [5, 5.41) is 17.7. The van der Waals surface area contributed by atoms with Crippen molar-refractivity contribution in [2.24, 2.45) is 0 Å². The molecule has 1 aliphatic carbocycles. The van der Waals surface area contributed by atoms with Crippen molar-refractivity contribution < 1.29 is 5.11 Å². The highest BCUT2D eigenvalue weighted by Gasteiger charge is 2.27. The van der Waals surface area contributed by atoms with Crippen LogP contribution in [0.1, 0.15) is 44.6 Å². The molecule has 10 nitrogen and oxygen atoms in total. The van der Waals surface area contributed by atoms with Crippen molar-refractivity contribution in [2.45, 2.75) is 50.6 Å². The number of anilines is 3. The summed E-state index contributed by atoms with van der Waals surface area (Å²) < 4.78 is 5.97. The Labute approximate surface area is 185 Å². The second-order valence-corrected chi connectivity index (χ2v) is 8.68. The third-order valence-electron chi connectivity index (χ3n) is 6.65. The molecule has 1 saturated heterocycles. The predicted molar refractivity (Wildman–Crippen MR) is 121 cm³/mol. The third-order valence-corrected chi connectivity index (χ3v) is 6.65. The Balaban J connectivity index is 1.27. The smallest absolute Gasteiger partial charge is 0.245 e. The number of fused-ring (bicyclic) bond motifs is 1. The minimum absolute atomic E-state index is 0.0602. The fourth-order valence-corrected chi connectivity index (χ4v) is 4.92. The number of aromatic nitrogens is 7. The molecular weight excluding hydrogens is 406 g/mol. The summed E-state index contributed by atoms with van der Waals surface area (Å²) in [6.07, 6.45) is 16.6. The summed E-state index contributed by atoms with van der Waals surface area (Å²) in [6, 6.07) is 4.54. The molecule has 32 heavy (non-hydrogen) atoms. The monoisotopic (exact) mass is 433 g/mol. The van der Waals surface area contributed by atoms with E-state index in [0.717, 1.165) is 30.7 Å². The molecule has 0 aromatic carbocycles. The average Bonchev–Trinajstić information content (AvgIpc) is 3.61. The lowest BCUT2D eigenvalue weighted by molar-refractivity contribution is 0.265. The van der Waals surface area contributed by atoms with Gasteiger partial charge in [0, 0.05) is 25.0 Å². The molecule has 2 fully saturated rings. The Morgan fingerprint density at radius 2 is 1.97 bits per heavy atom. The molecular formula is C22H27N9O. The molecule has 10 heteroatoms. The molecule has 1 aliphatic heterocycles. The number of hydrogen-bond donors (Lipinski definition) is 2. The maximum absolute atomic E-state index is 9.72. The number of nitrogens with zero attached hydrogens (tertiary/aromatic N) is 8. The fraction of sp³-hybridized carbons (Fsp3) is 0.455. The first kappa shape index (κ1) is 19.3. The molecule has 4 aromatic heterocycles. The molecule has 0 amide bonds. The maximum Gasteiger partial charge on any atom is 0.245 e. The van der Waals surface area contributed by atoms with Crippen molar-refractivity contribution in [3.63, 3.8) is 0 Å². The zero-order valence-corrected chi connectivity index (χ0v) is 17.9. The fourth-order valence-electron chi connectivity index (χ4n) is 4.92. The summed E-state index contributed by atoms with van der Waals surface area (Å²) >= 11 is 0. The van der Waals surface area contributed by atoms with E-state index in [1.165, 1.54) is 25.7 Å². The molecule has 1 saturated carbocycles. The van der Waals surface area contributed by atoms with Gasteiger partial charge < -0.3 is 19.9 Å². The normalized spacial score (nSPS) is 19.4. The van der Waals surface area contributed by atoms with Crippen LogP contribution in [0.4, 0.5) is 17.6 Å². The summed E-state index contributed by atoms with van der Waals surface area (Å²) in [5.74, 6) is 2.85. The molecule has 4 aromatic rings. The van der Waals surface area contributed by atoms with E-state index < -0.39 is 0 Å². The number of imidazole rings is 2. The van der Waals surface area contributed by atoms with Gasteiger partial charge in [0.15, 0.2) is 11.6 Å².